The maximum Gasteiger partial charge on any atom is 0.326 e. The fourth-order valence-corrected chi connectivity index (χ4v) is 4.02. The number of urea groups is 1. The minimum absolute atomic E-state index is 0.00823. The molecule has 8 heteroatoms. The first-order valence-corrected chi connectivity index (χ1v) is 9.22. The van der Waals surface area contributed by atoms with Crippen LogP contribution in [-0.2, 0) is 20.9 Å². The summed E-state index contributed by atoms with van der Waals surface area (Å²) in [6, 6.07) is 5.09. The van der Waals surface area contributed by atoms with Crippen molar-refractivity contribution >= 4 is 23.6 Å². The Morgan fingerprint density at radius 1 is 1.37 bits per heavy atom. The normalized spacial score (nSPS) is 25.2. The van der Waals surface area contributed by atoms with Gasteiger partial charge in [0.2, 0.25) is 0 Å². The van der Waals surface area contributed by atoms with Gasteiger partial charge in [-0.25, -0.2) is 9.78 Å². The lowest BCUT2D eigenvalue weighted by molar-refractivity contribution is -0.149. The third-order valence-electron chi connectivity index (χ3n) is 5.58. The number of nitrogens with zero attached hydrogens (tertiary/aromatic N) is 3. The number of aromatic nitrogens is 2. The lowest BCUT2D eigenvalue weighted by Gasteiger charge is -2.36. The molecule has 1 N–H and O–H groups in total. The Balaban J connectivity index is 1.39. The second kappa shape index (κ2) is 6.68. The second-order valence-electron chi connectivity index (χ2n) is 7.30. The SMILES string of the molecule is C[C@@H]1CCCC[C@]12NC(=O)N(CC(=O)OCc1cn3ccccc3n1)C2=O. The number of amides is 3. The Hall–Kier alpha value is -2.90. The number of imidazole rings is 1. The van der Waals surface area contributed by atoms with Gasteiger partial charge in [0.1, 0.15) is 24.3 Å². The highest BCUT2D eigenvalue weighted by Crippen LogP contribution is 2.38. The lowest BCUT2D eigenvalue weighted by atomic mass is 9.73. The maximum atomic E-state index is 12.8. The molecule has 0 aromatic carbocycles. The summed E-state index contributed by atoms with van der Waals surface area (Å²) < 4.78 is 7.06. The number of esters is 1. The van der Waals surface area contributed by atoms with E-state index in [4.69, 9.17) is 4.74 Å². The van der Waals surface area contributed by atoms with Crippen molar-refractivity contribution in [2.45, 2.75) is 44.8 Å². The number of pyridine rings is 1. The van der Waals surface area contributed by atoms with Crippen LogP contribution in [0.25, 0.3) is 5.65 Å². The fraction of sp³-hybridized carbons (Fsp3) is 0.474. The summed E-state index contributed by atoms with van der Waals surface area (Å²) in [6.45, 7) is 1.58. The molecule has 2 fully saturated rings. The summed E-state index contributed by atoms with van der Waals surface area (Å²) in [5.41, 5.74) is 0.493. The van der Waals surface area contributed by atoms with Crippen LogP contribution in [0.1, 0.15) is 38.3 Å². The minimum Gasteiger partial charge on any atom is -0.458 e. The van der Waals surface area contributed by atoms with Gasteiger partial charge in [-0.3, -0.25) is 14.5 Å². The van der Waals surface area contributed by atoms with Crippen molar-refractivity contribution in [3.8, 4) is 0 Å². The molecule has 4 rings (SSSR count). The number of carbonyl (C=O) groups is 3. The fourth-order valence-electron chi connectivity index (χ4n) is 4.02. The monoisotopic (exact) mass is 370 g/mol. The maximum absolute atomic E-state index is 12.8. The van der Waals surface area contributed by atoms with Crippen LogP contribution in [0, 0.1) is 5.92 Å². The van der Waals surface area contributed by atoms with E-state index in [1.54, 1.807) is 6.20 Å². The molecule has 0 unspecified atom stereocenters. The van der Waals surface area contributed by atoms with Crippen molar-refractivity contribution in [2.24, 2.45) is 5.92 Å². The summed E-state index contributed by atoms with van der Waals surface area (Å²) >= 11 is 0. The van der Waals surface area contributed by atoms with E-state index in [1.807, 2.05) is 35.7 Å². The molecule has 1 aliphatic heterocycles. The molecule has 142 valence electrons. The van der Waals surface area contributed by atoms with Crippen molar-refractivity contribution in [1.29, 1.82) is 0 Å². The Morgan fingerprint density at radius 2 is 2.22 bits per heavy atom. The van der Waals surface area contributed by atoms with Crippen LogP contribution < -0.4 is 5.32 Å². The van der Waals surface area contributed by atoms with Crippen molar-refractivity contribution in [1.82, 2.24) is 19.6 Å². The number of carbonyl (C=O) groups excluding carboxylic acids is 3. The van der Waals surface area contributed by atoms with Crippen molar-refractivity contribution in [3.63, 3.8) is 0 Å². The molecular weight excluding hydrogens is 348 g/mol. The van der Waals surface area contributed by atoms with Gasteiger partial charge in [0, 0.05) is 12.4 Å². The Bertz CT molecular complexity index is 875. The molecule has 0 radical (unpaired) electrons. The summed E-state index contributed by atoms with van der Waals surface area (Å²) in [7, 11) is 0. The topological polar surface area (TPSA) is 93.0 Å². The molecule has 0 bridgehead atoms. The third kappa shape index (κ3) is 3.05. The number of nitrogens with one attached hydrogen (secondary N) is 1. The van der Waals surface area contributed by atoms with Crippen LogP contribution in [0.3, 0.4) is 0 Å². The number of hydrogen-bond donors (Lipinski definition) is 1. The van der Waals surface area contributed by atoms with E-state index >= 15 is 0 Å². The average molecular weight is 370 g/mol. The summed E-state index contributed by atoms with van der Waals surface area (Å²) in [5.74, 6) is -0.887. The van der Waals surface area contributed by atoms with Crippen LogP contribution >= 0.6 is 0 Å². The van der Waals surface area contributed by atoms with Gasteiger partial charge in [0.05, 0.1) is 5.69 Å². The van der Waals surface area contributed by atoms with Gasteiger partial charge in [0.15, 0.2) is 0 Å². The van der Waals surface area contributed by atoms with Gasteiger partial charge in [0.25, 0.3) is 5.91 Å². The number of rotatable bonds is 4. The molecule has 8 nitrogen and oxygen atoms in total. The zero-order valence-corrected chi connectivity index (χ0v) is 15.2. The van der Waals surface area contributed by atoms with Crippen molar-refractivity contribution < 1.29 is 19.1 Å². The molecule has 2 aromatic heterocycles. The molecule has 2 aromatic rings. The lowest BCUT2D eigenvalue weighted by Crippen LogP contribution is -2.54. The molecule has 27 heavy (non-hydrogen) atoms. The molecule has 2 atom stereocenters. The number of ether oxygens (including phenoxy) is 1. The zero-order valence-electron chi connectivity index (χ0n) is 15.2. The second-order valence-corrected chi connectivity index (χ2v) is 7.30. The predicted molar refractivity (Wildman–Crippen MR) is 95.6 cm³/mol. The van der Waals surface area contributed by atoms with E-state index in [-0.39, 0.29) is 25.0 Å². The van der Waals surface area contributed by atoms with E-state index in [2.05, 4.69) is 10.3 Å². The summed E-state index contributed by atoms with van der Waals surface area (Å²) in [5, 5.41) is 2.83. The largest absolute Gasteiger partial charge is 0.458 e. The first-order chi connectivity index (χ1) is 13.0. The predicted octanol–water partition coefficient (Wildman–Crippen LogP) is 1.88. The molecule has 1 saturated heterocycles. The van der Waals surface area contributed by atoms with E-state index < -0.39 is 17.5 Å². The third-order valence-corrected chi connectivity index (χ3v) is 5.58. The molecule has 1 saturated carbocycles. The summed E-state index contributed by atoms with van der Waals surface area (Å²) in [4.78, 5) is 42.7. The van der Waals surface area contributed by atoms with E-state index in [0.717, 1.165) is 29.8 Å². The average Bonchev–Trinajstić information content (AvgIpc) is 3.17. The van der Waals surface area contributed by atoms with Gasteiger partial charge in [-0.2, -0.15) is 0 Å². The van der Waals surface area contributed by atoms with Gasteiger partial charge in [-0.1, -0.05) is 25.8 Å². The highest BCUT2D eigenvalue weighted by Gasteiger charge is 2.55. The van der Waals surface area contributed by atoms with Crippen LogP contribution in [0.4, 0.5) is 4.79 Å². The van der Waals surface area contributed by atoms with Crippen molar-refractivity contribution in [3.05, 3.63) is 36.3 Å². The molecule has 1 aliphatic carbocycles. The van der Waals surface area contributed by atoms with E-state index in [1.165, 1.54) is 0 Å². The molecule has 1 spiro atoms. The van der Waals surface area contributed by atoms with Crippen LogP contribution in [-0.4, -0.2) is 44.3 Å². The Labute approximate surface area is 156 Å². The first-order valence-electron chi connectivity index (χ1n) is 9.22. The van der Waals surface area contributed by atoms with E-state index in [0.29, 0.717) is 12.1 Å². The Morgan fingerprint density at radius 3 is 3.00 bits per heavy atom. The smallest absolute Gasteiger partial charge is 0.326 e. The Kier molecular flexibility index (Phi) is 4.33. The van der Waals surface area contributed by atoms with E-state index in [9.17, 15) is 14.4 Å². The van der Waals surface area contributed by atoms with Gasteiger partial charge < -0.3 is 14.5 Å². The van der Waals surface area contributed by atoms with Gasteiger partial charge >= 0.3 is 12.0 Å². The quantitative estimate of drug-likeness (QED) is 0.655. The minimum atomic E-state index is -0.864. The number of fused-ring (bicyclic) bond motifs is 1. The zero-order chi connectivity index (χ0) is 19.0. The van der Waals surface area contributed by atoms with Crippen LogP contribution in [0.2, 0.25) is 0 Å². The van der Waals surface area contributed by atoms with Crippen molar-refractivity contribution in [2.75, 3.05) is 6.54 Å². The van der Waals surface area contributed by atoms with Crippen LogP contribution in [0.5, 0.6) is 0 Å². The number of hydrogen-bond acceptors (Lipinski definition) is 5. The highest BCUT2D eigenvalue weighted by molar-refractivity contribution is 6.08. The highest BCUT2D eigenvalue weighted by atomic mass is 16.5. The summed E-state index contributed by atoms with van der Waals surface area (Å²) in [6.07, 6.45) is 7.07. The number of imide groups is 1. The molecule has 3 amide bonds. The standard InChI is InChI=1S/C19H22N4O4/c1-13-6-2-4-8-19(13)17(25)23(18(26)21-19)11-16(24)27-12-14-10-22-9-5-3-7-15(22)20-14/h3,5,7,9-10,13H,2,4,6,8,11-12H2,1H3,(H,21,26)/t13-,19+/m1/s1. The first kappa shape index (κ1) is 17.5. The van der Waals surface area contributed by atoms with Crippen LogP contribution in [0.15, 0.2) is 30.6 Å². The molecule has 2 aliphatic rings. The van der Waals surface area contributed by atoms with Gasteiger partial charge in [-0.05, 0) is 30.9 Å². The molecular formula is C19H22N4O4. The van der Waals surface area contributed by atoms with Gasteiger partial charge in [-0.15, -0.1) is 0 Å². The molecule has 3 heterocycles.